The molecule has 0 saturated heterocycles. The van der Waals surface area contributed by atoms with Crippen LogP contribution in [0.25, 0.3) is 0 Å². The van der Waals surface area contributed by atoms with Crippen LogP contribution in [0.5, 0.6) is 0 Å². The zero-order chi connectivity index (χ0) is 8.85. The highest BCUT2D eigenvalue weighted by Crippen LogP contribution is 1.86. The molecule has 4 heteroatoms. The van der Waals surface area contributed by atoms with Crippen molar-refractivity contribution in [3.05, 3.63) is 0 Å². The highest BCUT2D eigenvalue weighted by molar-refractivity contribution is 5.84. The number of hydrogen-bond donors (Lipinski definition) is 1. The molecule has 0 radical (unpaired) electrons. The fourth-order valence-corrected chi connectivity index (χ4v) is 0.365. The highest BCUT2D eigenvalue weighted by atomic mass is 16.5. The molecule has 0 spiro atoms. The number of amides is 1. The van der Waals surface area contributed by atoms with Crippen molar-refractivity contribution in [1.29, 1.82) is 0 Å². The summed E-state index contributed by atoms with van der Waals surface area (Å²) in [5.41, 5.74) is 3.16. The molecule has 11 heavy (non-hydrogen) atoms. The van der Waals surface area contributed by atoms with Crippen LogP contribution in [0.1, 0.15) is 20.8 Å². The summed E-state index contributed by atoms with van der Waals surface area (Å²) in [5.74, 6) is -0.228. The molecule has 0 rings (SSSR count). The van der Waals surface area contributed by atoms with Crippen molar-refractivity contribution in [1.82, 2.24) is 5.43 Å². The minimum absolute atomic E-state index is 0.228. The third kappa shape index (κ3) is 4.50. The number of nitrogens with zero attached hydrogens (tertiary/aromatic N) is 1. The molecule has 0 heterocycles. The van der Waals surface area contributed by atoms with Crippen LogP contribution in [0.4, 0.5) is 0 Å². The van der Waals surface area contributed by atoms with E-state index in [0.717, 1.165) is 5.71 Å². The Morgan fingerprint density at radius 2 is 2.09 bits per heavy atom. The zero-order valence-electron chi connectivity index (χ0n) is 7.34. The molecule has 1 N–H and O–H groups in total. The topological polar surface area (TPSA) is 50.7 Å². The smallest absolute Gasteiger partial charge is 0.268 e. The molecule has 0 aliphatic heterocycles. The quantitative estimate of drug-likeness (QED) is 0.481. The first-order valence-electron chi connectivity index (χ1n) is 3.41. The molecule has 0 fully saturated rings. The summed E-state index contributed by atoms with van der Waals surface area (Å²) >= 11 is 0. The van der Waals surface area contributed by atoms with Gasteiger partial charge in [-0.3, -0.25) is 4.79 Å². The molecule has 0 aromatic rings. The maximum atomic E-state index is 10.9. The molecular formula is C7H14N2O2. The van der Waals surface area contributed by atoms with Gasteiger partial charge in [0.05, 0.1) is 0 Å². The van der Waals surface area contributed by atoms with E-state index >= 15 is 0 Å². The van der Waals surface area contributed by atoms with Gasteiger partial charge in [-0.05, 0) is 20.8 Å². The maximum Gasteiger partial charge on any atom is 0.268 e. The summed E-state index contributed by atoms with van der Waals surface area (Å²) in [4.78, 5) is 10.9. The van der Waals surface area contributed by atoms with Crippen LogP contribution in [-0.4, -0.2) is 24.8 Å². The summed E-state index contributed by atoms with van der Waals surface area (Å²) in [6.07, 6.45) is -0.446. The number of ether oxygens (including phenoxy) is 1. The molecule has 4 nitrogen and oxygen atoms in total. The van der Waals surface area contributed by atoms with Crippen molar-refractivity contribution in [2.75, 3.05) is 7.11 Å². The highest BCUT2D eigenvalue weighted by Gasteiger charge is 2.09. The van der Waals surface area contributed by atoms with Crippen molar-refractivity contribution >= 4 is 11.6 Å². The van der Waals surface area contributed by atoms with Gasteiger partial charge in [-0.15, -0.1) is 0 Å². The third-order valence-corrected chi connectivity index (χ3v) is 1.11. The first-order chi connectivity index (χ1) is 5.07. The number of methoxy groups -OCH3 is 1. The summed E-state index contributed by atoms with van der Waals surface area (Å²) in [7, 11) is 1.48. The van der Waals surface area contributed by atoms with E-state index in [1.807, 2.05) is 0 Å². The van der Waals surface area contributed by atoms with Gasteiger partial charge in [-0.1, -0.05) is 0 Å². The minimum atomic E-state index is -0.446. The van der Waals surface area contributed by atoms with Gasteiger partial charge >= 0.3 is 0 Å². The summed E-state index contributed by atoms with van der Waals surface area (Å²) in [5, 5.41) is 3.73. The molecule has 1 atom stereocenters. The van der Waals surface area contributed by atoms with Crippen molar-refractivity contribution in [3.8, 4) is 0 Å². The first-order valence-corrected chi connectivity index (χ1v) is 3.41. The van der Waals surface area contributed by atoms with Crippen LogP contribution in [0.2, 0.25) is 0 Å². The minimum Gasteiger partial charge on any atom is -0.372 e. The second-order valence-electron chi connectivity index (χ2n) is 2.41. The van der Waals surface area contributed by atoms with Gasteiger partial charge in [0, 0.05) is 12.8 Å². The Balaban J connectivity index is 3.79. The van der Waals surface area contributed by atoms with Crippen molar-refractivity contribution < 1.29 is 9.53 Å². The number of carbonyl (C=O) groups is 1. The van der Waals surface area contributed by atoms with Gasteiger partial charge in [-0.25, -0.2) is 5.43 Å². The van der Waals surface area contributed by atoms with E-state index in [1.165, 1.54) is 7.11 Å². The van der Waals surface area contributed by atoms with E-state index < -0.39 is 6.10 Å². The third-order valence-electron chi connectivity index (χ3n) is 1.11. The Morgan fingerprint density at radius 1 is 1.55 bits per heavy atom. The van der Waals surface area contributed by atoms with E-state index in [1.54, 1.807) is 20.8 Å². The first kappa shape index (κ1) is 10.1. The normalized spacial score (nSPS) is 12.0. The predicted octanol–water partition coefficient (Wildman–Crippen LogP) is 0.533. The fraction of sp³-hybridized carbons (Fsp3) is 0.714. The molecule has 0 aliphatic rings. The molecule has 0 aromatic heterocycles. The molecule has 1 amide bonds. The summed E-state index contributed by atoms with van der Waals surface area (Å²) in [6.45, 7) is 5.27. The fourth-order valence-electron chi connectivity index (χ4n) is 0.365. The average molecular weight is 158 g/mol. The van der Waals surface area contributed by atoms with Gasteiger partial charge in [0.15, 0.2) is 0 Å². The average Bonchev–Trinajstić information content (AvgIpc) is 1.98. The van der Waals surface area contributed by atoms with Crippen LogP contribution in [-0.2, 0) is 9.53 Å². The number of rotatable bonds is 3. The Bertz CT molecular complexity index is 162. The second-order valence-corrected chi connectivity index (χ2v) is 2.41. The lowest BCUT2D eigenvalue weighted by molar-refractivity contribution is -0.130. The zero-order valence-corrected chi connectivity index (χ0v) is 7.34. The van der Waals surface area contributed by atoms with E-state index in [4.69, 9.17) is 4.74 Å². The summed E-state index contributed by atoms with van der Waals surface area (Å²) in [6, 6.07) is 0. The van der Waals surface area contributed by atoms with Gasteiger partial charge in [0.2, 0.25) is 0 Å². The van der Waals surface area contributed by atoms with Gasteiger partial charge in [0.25, 0.3) is 5.91 Å². The SMILES string of the molecule is COC(C)C(=O)NN=C(C)C. The Labute approximate surface area is 66.6 Å². The predicted molar refractivity (Wildman–Crippen MR) is 43.4 cm³/mol. The van der Waals surface area contributed by atoms with E-state index in [-0.39, 0.29) is 5.91 Å². The van der Waals surface area contributed by atoms with Crippen molar-refractivity contribution in [3.63, 3.8) is 0 Å². The molecular weight excluding hydrogens is 144 g/mol. The van der Waals surface area contributed by atoms with E-state index in [9.17, 15) is 4.79 Å². The van der Waals surface area contributed by atoms with Gasteiger partial charge in [0.1, 0.15) is 6.10 Å². The Hall–Kier alpha value is -0.900. The van der Waals surface area contributed by atoms with Crippen molar-refractivity contribution in [2.24, 2.45) is 5.10 Å². The lowest BCUT2D eigenvalue weighted by atomic mass is 10.4. The lowest BCUT2D eigenvalue weighted by Crippen LogP contribution is -2.30. The molecule has 0 aliphatic carbocycles. The number of carbonyl (C=O) groups excluding carboxylic acids is 1. The molecule has 1 unspecified atom stereocenters. The molecule has 0 aromatic carbocycles. The Morgan fingerprint density at radius 3 is 2.45 bits per heavy atom. The van der Waals surface area contributed by atoms with Crippen molar-refractivity contribution in [2.45, 2.75) is 26.9 Å². The largest absolute Gasteiger partial charge is 0.372 e. The number of hydrazone groups is 1. The van der Waals surface area contributed by atoms with E-state index in [2.05, 4.69) is 10.5 Å². The van der Waals surface area contributed by atoms with Crippen LogP contribution < -0.4 is 5.43 Å². The monoisotopic (exact) mass is 158 g/mol. The van der Waals surface area contributed by atoms with Gasteiger partial charge in [-0.2, -0.15) is 5.10 Å². The van der Waals surface area contributed by atoms with Crippen LogP contribution in [0.15, 0.2) is 5.10 Å². The lowest BCUT2D eigenvalue weighted by Gasteiger charge is -2.06. The summed E-state index contributed by atoms with van der Waals surface area (Å²) < 4.78 is 4.76. The molecule has 64 valence electrons. The molecule has 0 saturated carbocycles. The maximum absolute atomic E-state index is 10.9. The number of hydrogen-bond acceptors (Lipinski definition) is 3. The van der Waals surface area contributed by atoms with Crippen LogP contribution >= 0.6 is 0 Å². The Kier molecular flexibility index (Phi) is 4.45. The van der Waals surface area contributed by atoms with E-state index in [0.29, 0.717) is 0 Å². The van der Waals surface area contributed by atoms with Crippen LogP contribution in [0, 0.1) is 0 Å². The molecule has 0 bridgehead atoms. The van der Waals surface area contributed by atoms with Gasteiger partial charge < -0.3 is 4.74 Å². The second kappa shape index (κ2) is 4.85. The standard InChI is InChI=1S/C7H14N2O2/c1-5(2)8-9-7(10)6(3)11-4/h6H,1-4H3,(H,9,10). The number of nitrogens with one attached hydrogen (secondary N) is 1. The van der Waals surface area contributed by atoms with Crippen LogP contribution in [0.3, 0.4) is 0 Å².